The maximum absolute atomic E-state index is 12.8. The number of amides is 1. The Morgan fingerprint density at radius 2 is 2.05 bits per heavy atom. The van der Waals surface area contributed by atoms with E-state index >= 15 is 0 Å². The second-order valence-electron chi connectivity index (χ2n) is 4.12. The summed E-state index contributed by atoms with van der Waals surface area (Å²) in [5, 5.41) is 24.3. The number of halogens is 4. The Morgan fingerprint density at radius 3 is 2.50 bits per heavy atom. The normalized spacial score (nSPS) is 15.0. The first-order valence-electron chi connectivity index (χ1n) is 5.45. The molecule has 20 heavy (non-hydrogen) atoms. The zero-order chi connectivity index (χ0) is 15.7. The molecule has 0 saturated carbocycles. The zero-order valence-electron chi connectivity index (χ0n) is 10.6. The molecule has 2 atom stereocenters. The van der Waals surface area contributed by atoms with E-state index in [0.29, 0.717) is 0 Å². The molecule has 2 unspecified atom stereocenters. The van der Waals surface area contributed by atoms with Crippen LogP contribution in [0.4, 0.5) is 13.2 Å². The number of nitrogens with one attached hydrogen (secondary N) is 1. The fourth-order valence-electron chi connectivity index (χ4n) is 1.54. The molecule has 0 spiro atoms. The molecule has 0 aliphatic heterocycles. The average molecular weight is 316 g/mol. The van der Waals surface area contributed by atoms with Gasteiger partial charge in [-0.2, -0.15) is 18.3 Å². The van der Waals surface area contributed by atoms with Gasteiger partial charge in [0, 0.05) is 20.5 Å². The van der Waals surface area contributed by atoms with Gasteiger partial charge in [-0.25, -0.2) is 0 Å². The molecule has 1 heterocycles. The summed E-state index contributed by atoms with van der Waals surface area (Å²) >= 11 is 5.66. The first-order valence-corrected chi connectivity index (χ1v) is 5.83. The largest absolute Gasteiger partial charge is 0.435 e. The van der Waals surface area contributed by atoms with Crippen LogP contribution in [0.1, 0.15) is 24.3 Å². The number of carbonyl (C=O) groups excluding carboxylic acids is 1. The first kappa shape index (κ1) is 16.7. The van der Waals surface area contributed by atoms with Crippen molar-refractivity contribution in [3.05, 3.63) is 16.4 Å². The second-order valence-corrected chi connectivity index (χ2v) is 4.48. The number of alkyl halides is 3. The van der Waals surface area contributed by atoms with Crippen molar-refractivity contribution in [3.8, 4) is 0 Å². The summed E-state index contributed by atoms with van der Waals surface area (Å²) in [6.07, 6.45) is -8.41. The quantitative estimate of drug-likeness (QED) is 0.760. The van der Waals surface area contributed by atoms with Crippen LogP contribution in [0.25, 0.3) is 0 Å². The molecule has 1 rings (SSSR count). The molecular weight excluding hydrogens is 303 g/mol. The van der Waals surface area contributed by atoms with Gasteiger partial charge in [-0.3, -0.25) is 9.48 Å². The lowest BCUT2D eigenvalue weighted by Gasteiger charge is -2.19. The van der Waals surface area contributed by atoms with E-state index in [1.807, 2.05) is 0 Å². The summed E-state index contributed by atoms with van der Waals surface area (Å²) in [7, 11) is 1.17. The molecule has 114 valence electrons. The van der Waals surface area contributed by atoms with Gasteiger partial charge in [0.2, 0.25) is 5.91 Å². The number of nitrogens with zero attached hydrogens (tertiary/aromatic N) is 2. The van der Waals surface area contributed by atoms with Crippen LogP contribution in [0.2, 0.25) is 5.15 Å². The van der Waals surface area contributed by atoms with E-state index in [4.69, 9.17) is 11.6 Å². The van der Waals surface area contributed by atoms with E-state index in [0.717, 1.165) is 11.6 Å². The minimum atomic E-state index is -4.82. The van der Waals surface area contributed by atoms with Gasteiger partial charge in [0.15, 0.2) is 5.69 Å². The summed E-state index contributed by atoms with van der Waals surface area (Å²) in [6.45, 7) is 0.746. The molecule has 3 N–H and O–H groups in total. The van der Waals surface area contributed by atoms with E-state index in [-0.39, 0.29) is 0 Å². The molecule has 0 radical (unpaired) electrons. The lowest BCUT2D eigenvalue weighted by atomic mass is 10.0. The predicted octanol–water partition coefficient (Wildman–Crippen LogP) is 0.623. The van der Waals surface area contributed by atoms with Crippen molar-refractivity contribution < 1.29 is 28.2 Å². The summed E-state index contributed by atoms with van der Waals surface area (Å²) in [5.74, 6) is -0.496. The molecule has 1 amide bonds. The number of hydrogen-bond acceptors (Lipinski definition) is 4. The topological polar surface area (TPSA) is 87.4 Å². The summed E-state index contributed by atoms with van der Waals surface area (Å²) < 4.78 is 39.1. The zero-order valence-corrected chi connectivity index (χ0v) is 11.3. The first-order chi connectivity index (χ1) is 9.05. The lowest BCUT2D eigenvalue weighted by molar-refractivity contribution is -0.143. The maximum Gasteiger partial charge on any atom is 0.435 e. The molecule has 1 aromatic rings. The Balaban J connectivity index is 3.08. The van der Waals surface area contributed by atoms with Gasteiger partial charge in [-0.1, -0.05) is 11.6 Å². The number of aromatic nitrogens is 2. The minimum Gasteiger partial charge on any atom is -0.388 e. The third kappa shape index (κ3) is 3.62. The fraction of sp³-hybridized carbons (Fsp3) is 0.600. The van der Waals surface area contributed by atoms with E-state index in [2.05, 4.69) is 10.4 Å². The van der Waals surface area contributed by atoms with Gasteiger partial charge in [0.1, 0.15) is 17.4 Å². The maximum atomic E-state index is 12.8. The van der Waals surface area contributed by atoms with Crippen molar-refractivity contribution in [2.45, 2.75) is 25.3 Å². The third-order valence-electron chi connectivity index (χ3n) is 2.50. The molecule has 0 fully saturated rings. The van der Waals surface area contributed by atoms with Gasteiger partial charge >= 0.3 is 6.18 Å². The highest BCUT2D eigenvalue weighted by Crippen LogP contribution is 2.38. The van der Waals surface area contributed by atoms with Crippen molar-refractivity contribution in [3.63, 3.8) is 0 Å². The van der Waals surface area contributed by atoms with Crippen LogP contribution in [0.15, 0.2) is 0 Å². The van der Waals surface area contributed by atoms with Gasteiger partial charge in [0.25, 0.3) is 0 Å². The minimum absolute atomic E-state index is 0.418. The van der Waals surface area contributed by atoms with Crippen LogP contribution in [0, 0.1) is 0 Å². The highest BCUT2D eigenvalue weighted by Gasteiger charge is 2.42. The van der Waals surface area contributed by atoms with Gasteiger partial charge in [0.05, 0.1) is 5.56 Å². The second kappa shape index (κ2) is 5.98. The van der Waals surface area contributed by atoms with Crippen molar-refractivity contribution in [1.82, 2.24) is 15.1 Å². The molecule has 10 heteroatoms. The Kier molecular flexibility index (Phi) is 5.00. The van der Waals surface area contributed by atoms with Crippen molar-refractivity contribution in [2.24, 2.45) is 7.05 Å². The van der Waals surface area contributed by atoms with Crippen LogP contribution in [-0.2, 0) is 18.0 Å². The van der Waals surface area contributed by atoms with Gasteiger partial charge in [-0.15, -0.1) is 0 Å². The third-order valence-corrected chi connectivity index (χ3v) is 2.95. The van der Waals surface area contributed by atoms with E-state index in [1.54, 1.807) is 0 Å². The number of aliphatic hydroxyl groups excluding tert-OH is 2. The molecule has 0 saturated heterocycles. The standard InChI is InChI=1S/C10H13ClF3N3O3/c1-4(18)15-3-5(19)7(20)6-8(10(12,13)14)16-17(2)9(6)11/h5,7,19-20H,3H2,1-2H3,(H,15,18). The highest BCUT2D eigenvalue weighted by atomic mass is 35.5. The average Bonchev–Trinajstić information content (AvgIpc) is 2.62. The molecule has 0 aliphatic rings. The van der Waals surface area contributed by atoms with Crippen LogP contribution in [0.5, 0.6) is 0 Å². The van der Waals surface area contributed by atoms with Gasteiger partial charge < -0.3 is 15.5 Å². The van der Waals surface area contributed by atoms with E-state index in [1.165, 1.54) is 7.05 Å². The Bertz CT molecular complexity index is 504. The molecule has 0 bridgehead atoms. The molecule has 0 aliphatic carbocycles. The monoisotopic (exact) mass is 315 g/mol. The number of rotatable bonds is 4. The molecule has 6 nitrogen and oxygen atoms in total. The van der Waals surface area contributed by atoms with Crippen LogP contribution in [0.3, 0.4) is 0 Å². The highest BCUT2D eigenvalue weighted by molar-refractivity contribution is 6.30. The number of carbonyl (C=O) groups is 1. The van der Waals surface area contributed by atoms with E-state index in [9.17, 15) is 28.2 Å². The number of aliphatic hydroxyl groups is 2. The molecule has 0 aromatic carbocycles. The summed E-state index contributed by atoms with van der Waals surface area (Å²) in [5.41, 5.74) is -2.10. The number of aryl methyl sites for hydroxylation is 1. The van der Waals surface area contributed by atoms with Gasteiger partial charge in [-0.05, 0) is 0 Å². The smallest absolute Gasteiger partial charge is 0.388 e. The van der Waals surface area contributed by atoms with E-state index < -0.39 is 47.2 Å². The Labute approximate surface area is 117 Å². The summed E-state index contributed by atoms with van der Waals surface area (Å²) in [4.78, 5) is 10.7. The van der Waals surface area contributed by atoms with Crippen molar-refractivity contribution >= 4 is 17.5 Å². The van der Waals surface area contributed by atoms with Crippen molar-refractivity contribution in [1.29, 1.82) is 0 Å². The Morgan fingerprint density at radius 1 is 1.50 bits per heavy atom. The molecule has 1 aromatic heterocycles. The van der Waals surface area contributed by atoms with Crippen LogP contribution < -0.4 is 5.32 Å². The number of hydrogen-bond donors (Lipinski definition) is 3. The SMILES string of the molecule is CC(=O)NCC(O)C(O)c1c(C(F)(F)F)nn(C)c1Cl. The molecular formula is C10H13ClF3N3O3. The lowest BCUT2D eigenvalue weighted by Crippen LogP contribution is -2.34. The van der Waals surface area contributed by atoms with Crippen LogP contribution >= 0.6 is 11.6 Å². The summed E-state index contributed by atoms with van der Waals surface area (Å²) in [6, 6.07) is 0. The predicted molar refractivity (Wildman–Crippen MR) is 62.9 cm³/mol. The van der Waals surface area contributed by atoms with Crippen LogP contribution in [-0.4, -0.2) is 38.5 Å². The Hall–Kier alpha value is -1.32. The fourth-order valence-corrected chi connectivity index (χ4v) is 1.78. The van der Waals surface area contributed by atoms with Crippen molar-refractivity contribution in [2.75, 3.05) is 6.54 Å².